The van der Waals surface area contributed by atoms with Crippen LogP contribution < -0.4 is 0 Å². The number of methoxy groups -OCH3 is 2. The fraction of sp³-hybridized carbons (Fsp3) is 0.727. The van der Waals surface area contributed by atoms with Gasteiger partial charge in [-0.05, 0) is 6.42 Å². The minimum absolute atomic E-state index is 0.327. The van der Waals surface area contributed by atoms with E-state index in [9.17, 15) is 4.39 Å². The lowest BCUT2D eigenvalue weighted by molar-refractivity contribution is 0.0265. The van der Waals surface area contributed by atoms with Crippen LogP contribution in [0.2, 0.25) is 0 Å². The number of likely N-dealkylation sites (N-methyl/N-ethyl adjacent to an activating group) is 1. The standard InChI is InChI=1S/C11H19FN2O2/c1-6-7-9(15-4)8(12)11(16-5)13-10(7)14(2)3/h8,11H,6H2,1-5H3. The summed E-state index contributed by atoms with van der Waals surface area (Å²) in [4.78, 5) is 6.08. The zero-order valence-electron chi connectivity index (χ0n) is 10.5. The normalized spacial score (nSPS) is 25.5. The predicted octanol–water partition coefficient (Wildman–Crippen LogP) is 1.58. The van der Waals surface area contributed by atoms with Gasteiger partial charge in [0.05, 0.1) is 7.11 Å². The van der Waals surface area contributed by atoms with Crippen LogP contribution in [0.1, 0.15) is 13.3 Å². The van der Waals surface area contributed by atoms with E-state index in [1.807, 2.05) is 25.9 Å². The van der Waals surface area contributed by atoms with Crippen LogP contribution in [0.25, 0.3) is 0 Å². The molecule has 1 rings (SSSR count). The van der Waals surface area contributed by atoms with E-state index >= 15 is 0 Å². The van der Waals surface area contributed by atoms with E-state index in [0.717, 1.165) is 11.4 Å². The molecule has 0 aromatic rings. The monoisotopic (exact) mass is 230 g/mol. The molecule has 0 radical (unpaired) electrons. The summed E-state index contributed by atoms with van der Waals surface area (Å²) in [6.45, 7) is 1.95. The summed E-state index contributed by atoms with van der Waals surface area (Å²) < 4.78 is 24.1. The van der Waals surface area contributed by atoms with Crippen molar-refractivity contribution in [3.8, 4) is 0 Å². The molecule has 16 heavy (non-hydrogen) atoms. The fourth-order valence-electron chi connectivity index (χ4n) is 1.80. The summed E-state index contributed by atoms with van der Waals surface area (Å²) >= 11 is 0. The second-order valence-corrected chi connectivity index (χ2v) is 3.78. The molecule has 0 aromatic carbocycles. The number of aliphatic imine (C=N–C) groups is 1. The van der Waals surface area contributed by atoms with E-state index in [2.05, 4.69) is 4.99 Å². The van der Waals surface area contributed by atoms with Crippen molar-refractivity contribution in [2.45, 2.75) is 25.7 Å². The summed E-state index contributed by atoms with van der Waals surface area (Å²) in [5, 5.41) is 0. The van der Waals surface area contributed by atoms with Crippen molar-refractivity contribution in [1.82, 2.24) is 4.90 Å². The van der Waals surface area contributed by atoms with Gasteiger partial charge in [0.1, 0.15) is 11.6 Å². The number of halogens is 1. The third-order valence-corrected chi connectivity index (χ3v) is 2.56. The van der Waals surface area contributed by atoms with Crippen molar-refractivity contribution in [2.75, 3.05) is 28.3 Å². The number of hydrogen-bond donors (Lipinski definition) is 0. The van der Waals surface area contributed by atoms with E-state index in [0.29, 0.717) is 12.2 Å². The Morgan fingerprint density at radius 2 is 2.00 bits per heavy atom. The third kappa shape index (κ3) is 2.19. The maximum Gasteiger partial charge on any atom is 0.203 e. The second kappa shape index (κ2) is 5.30. The Morgan fingerprint density at radius 3 is 2.38 bits per heavy atom. The first-order valence-corrected chi connectivity index (χ1v) is 5.26. The molecule has 0 N–H and O–H groups in total. The lowest BCUT2D eigenvalue weighted by atomic mass is 10.0. The molecule has 1 aliphatic heterocycles. The van der Waals surface area contributed by atoms with E-state index in [1.54, 1.807) is 0 Å². The Hall–Kier alpha value is -1.10. The molecule has 0 saturated heterocycles. The van der Waals surface area contributed by atoms with Gasteiger partial charge in [-0.1, -0.05) is 6.92 Å². The Kier molecular flexibility index (Phi) is 4.29. The molecule has 0 bridgehead atoms. The lowest BCUT2D eigenvalue weighted by Gasteiger charge is -2.30. The van der Waals surface area contributed by atoms with Gasteiger partial charge in [-0.2, -0.15) is 0 Å². The topological polar surface area (TPSA) is 34.1 Å². The van der Waals surface area contributed by atoms with Gasteiger partial charge in [-0.3, -0.25) is 0 Å². The van der Waals surface area contributed by atoms with Crippen LogP contribution in [0, 0.1) is 0 Å². The summed E-state index contributed by atoms with van der Waals surface area (Å²) in [5.41, 5.74) is 0.799. The lowest BCUT2D eigenvalue weighted by Crippen LogP contribution is -2.37. The van der Waals surface area contributed by atoms with Crippen LogP contribution in [-0.2, 0) is 9.47 Å². The Morgan fingerprint density at radius 1 is 1.38 bits per heavy atom. The molecule has 0 aliphatic carbocycles. The van der Waals surface area contributed by atoms with E-state index < -0.39 is 12.4 Å². The van der Waals surface area contributed by atoms with Crippen molar-refractivity contribution in [2.24, 2.45) is 4.99 Å². The van der Waals surface area contributed by atoms with E-state index in [-0.39, 0.29) is 0 Å². The number of alkyl halides is 1. The van der Waals surface area contributed by atoms with Crippen molar-refractivity contribution < 1.29 is 13.9 Å². The van der Waals surface area contributed by atoms with Gasteiger partial charge in [-0.25, -0.2) is 9.38 Å². The molecule has 2 unspecified atom stereocenters. The molecule has 92 valence electrons. The zero-order valence-corrected chi connectivity index (χ0v) is 10.5. The molecule has 1 aliphatic rings. The smallest absolute Gasteiger partial charge is 0.203 e. The molecule has 0 aromatic heterocycles. The molecule has 2 atom stereocenters. The number of amidine groups is 1. The minimum Gasteiger partial charge on any atom is -0.497 e. The average molecular weight is 230 g/mol. The number of hydrogen-bond acceptors (Lipinski definition) is 4. The molecular weight excluding hydrogens is 211 g/mol. The molecule has 1 heterocycles. The summed E-state index contributed by atoms with van der Waals surface area (Å²) in [6, 6.07) is 0. The maximum atomic E-state index is 14.0. The van der Waals surface area contributed by atoms with Crippen LogP contribution in [0.3, 0.4) is 0 Å². The van der Waals surface area contributed by atoms with Gasteiger partial charge in [0.2, 0.25) is 6.17 Å². The summed E-state index contributed by atoms with van der Waals surface area (Å²) in [7, 11) is 6.65. The van der Waals surface area contributed by atoms with E-state index in [4.69, 9.17) is 9.47 Å². The van der Waals surface area contributed by atoms with Gasteiger partial charge in [0.25, 0.3) is 0 Å². The molecule has 4 nitrogen and oxygen atoms in total. The van der Waals surface area contributed by atoms with Gasteiger partial charge in [0.15, 0.2) is 6.23 Å². The first kappa shape index (κ1) is 13.0. The first-order valence-electron chi connectivity index (χ1n) is 5.26. The number of ether oxygens (including phenoxy) is 2. The zero-order chi connectivity index (χ0) is 12.3. The van der Waals surface area contributed by atoms with Gasteiger partial charge in [0, 0.05) is 26.8 Å². The SMILES string of the molecule is CCC1=C(OC)C(F)C(OC)N=C1N(C)C. The Labute approximate surface area is 95.7 Å². The van der Waals surface area contributed by atoms with Crippen molar-refractivity contribution in [1.29, 1.82) is 0 Å². The highest BCUT2D eigenvalue weighted by molar-refractivity contribution is 5.99. The van der Waals surface area contributed by atoms with Crippen LogP contribution in [-0.4, -0.2) is 51.5 Å². The molecule has 0 fully saturated rings. The van der Waals surface area contributed by atoms with Gasteiger partial charge < -0.3 is 14.4 Å². The Bertz CT molecular complexity index is 313. The van der Waals surface area contributed by atoms with Crippen LogP contribution in [0.4, 0.5) is 4.39 Å². The number of nitrogens with zero attached hydrogens (tertiary/aromatic N) is 2. The molecule has 5 heteroatoms. The average Bonchev–Trinajstić information content (AvgIpc) is 2.27. The third-order valence-electron chi connectivity index (χ3n) is 2.56. The van der Waals surface area contributed by atoms with Crippen molar-refractivity contribution in [3.05, 3.63) is 11.3 Å². The minimum atomic E-state index is -1.33. The quantitative estimate of drug-likeness (QED) is 0.738. The van der Waals surface area contributed by atoms with E-state index in [1.165, 1.54) is 14.2 Å². The van der Waals surface area contributed by atoms with Gasteiger partial charge >= 0.3 is 0 Å². The maximum absolute atomic E-state index is 14.0. The molecule has 0 saturated carbocycles. The highest BCUT2D eigenvalue weighted by Crippen LogP contribution is 2.27. The predicted molar refractivity (Wildman–Crippen MR) is 61.1 cm³/mol. The molecule has 0 spiro atoms. The second-order valence-electron chi connectivity index (χ2n) is 3.78. The summed E-state index contributed by atoms with van der Waals surface area (Å²) in [6.07, 6.45) is -1.46. The summed E-state index contributed by atoms with van der Waals surface area (Å²) in [5.74, 6) is 1.05. The van der Waals surface area contributed by atoms with Crippen LogP contribution >= 0.6 is 0 Å². The largest absolute Gasteiger partial charge is 0.497 e. The van der Waals surface area contributed by atoms with Crippen LogP contribution in [0.5, 0.6) is 0 Å². The Balaban J connectivity index is 3.18. The van der Waals surface area contributed by atoms with Gasteiger partial charge in [-0.15, -0.1) is 0 Å². The number of dihydropyridines is 1. The first-order chi connectivity index (χ1) is 7.56. The number of rotatable bonds is 3. The van der Waals surface area contributed by atoms with Crippen molar-refractivity contribution >= 4 is 5.84 Å². The van der Waals surface area contributed by atoms with Crippen molar-refractivity contribution in [3.63, 3.8) is 0 Å². The van der Waals surface area contributed by atoms with Crippen LogP contribution in [0.15, 0.2) is 16.3 Å². The highest BCUT2D eigenvalue weighted by atomic mass is 19.1. The highest BCUT2D eigenvalue weighted by Gasteiger charge is 2.34. The molecule has 0 amide bonds. The molecular formula is C11H19FN2O2. The fourth-order valence-corrected chi connectivity index (χ4v) is 1.80.